The van der Waals surface area contributed by atoms with Crippen molar-refractivity contribution in [3.63, 3.8) is 0 Å². The Morgan fingerprint density at radius 2 is 2.19 bits per heavy atom. The summed E-state index contributed by atoms with van der Waals surface area (Å²) in [6.45, 7) is 11.9. The molecule has 0 amide bonds. The molecule has 2 rings (SSSR count). The first-order chi connectivity index (χ1) is 10.1. The fourth-order valence-corrected chi connectivity index (χ4v) is 3.93. The lowest BCUT2D eigenvalue weighted by atomic mass is 9.69. The van der Waals surface area contributed by atoms with Gasteiger partial charge in [0.1, 0.15) is 0 Å². The summed E-state index contributed by atoms with van der Waals surface area (Å²) in [7, 11) is 0. The van der Waals surface area contributed by atoms with Gasteiger partial charge in [0, 0.05) is 19.1 Å². The van der Waals surface area contributed by atoms with Gasteiger partial charge < -0.3 is 15.2 Å². The highest BCUT2D eigenvalue weighted by Crippen LogP contribution is 2.39. The minimum Gasteiger partial charge on any atom is -0.395 e. The Morgan fingerprint density at radius 1 is 1.38 bits per heavy atom. The maximum atomic E-state index is 9.56. The maximum Gasteiger partial charge on any atom is 0.0644 e. The Balaban J connectivity index is 1.97. The normalized spacial score (nSPS) is 34.0. The van der Waals surface area contributed by atoms with Crippen LogP contribution in [0.2, 0.25) is 0 Å². The van der Waals surface area contributed by atoms with Crippen molar-refractivity contribution >= 4 is 0 Å². The van der Waals surface area contributed by atoms with Crippen LogP contribution in [0.25, 0.3) is 0 Å². The minimum atomic E-state index is 0.190. The van der Waals surface area contributed by atoms with Crippen LogP contribution in [-0.2, 0) is 4.74 Å². The monoisotopic (exact) mass is 298 g/mol. The largest absolute Gasteiger partial charge is 0.395 e. The summed E-state index contributed by atoms with van der Waals surface area (Å²) in [5.41, 5.74) is 0.454. The SMILES string of the molecule is CCCNC1CCC(C)(C)CC1CN1CCOCC1CO. The van der Waals surface area contributed by atoms with E-state index in [9.17, 15) is 5.11 Å². The van der Waals surface area contributed by atoms with E-state index >= 15 is 0 Å². The summed E-state index contributed by atoms with van der Waals surface area (Å²) in [5.74, 6) is 0.687. The molecule has 1 saturated carbocycles. The zero-order chi connectivity index (χ0) is 15.3. The standard InChI is InChI=1S/C17H34N2O2/c1-4-7-18-16-5-6-17(2,3)10-14(16)11-19-8-9-21-13-15(19)12-20/h14-16,18,20H,4-13H2,1-3H3. The molecule has 0 aromatic carbocycles. The van der Waals surface area contributed by atoms with Gasteiger partial charge in [0.15, 0.2) is 0 Å². The Labute approximate surface area is 130 Å². The predicted octanol–water partition coefficient (Wildman–Crippen LogP) is 1.87. The van der Waals surface area contributed by atoms with Gasteiger partial charge in [0.25, 0.3) is 0 Å². The van der Waals surface area contributed by atoms with Gasteiger partial charge in [-0.2, -0.15) is 0 Å². The summed E-state index contributed by atoms with van der Waals surface area (Å²) in [4.78, 5) is 2.45. The number of hydrogen-bond acceptors (Lipinski definition) is 4. The van der Waals surface area contributed by atoms with Crippen LogP contribution in [0.5, 0.6) is 0 Å². The smallest absolute Gasteiger partial charge is 0.0644 e. The van der Waals surface area contributed by atoms with Crippen molar-refractivity contribution in [2.45, 2.75) is 58.5 Å². The molecule has 1 saturated heterocycles. The molecule has 0 aromatic heterocycles. The predicted molar refractivity (Wildman–Crippen MR) is 86.5 cm³/mol. The quantitative estimate of drug-likeness (QED) is 0.786. The number of aliphatic hydroxyl groups is 1. The lowest BCUT2D eigenvalue weighted by Gasteiger charge is -2.45. The van der Waals surface area contributed by atoms with Gasteiger partial charge >= 0.3 is 0 Å². The van der Waals surface area contributed by atoms with E-state index in [0.717, 1.165) is 26.2 Å². The average Bonchev–Trinajstić information content (AvgIpc) is 2.46. The molecule has 4 heteroatoms. The highest BCUT2D eigenvalue weighted by atomic mass is 16.5. The molecule has 4 nitrogen and oxygen atoms in total. The van der Waals surface area contributed by atoms with E-state index in [4.69, 9.17) is 4.74 Å². The van der Waals surface area contributed by atoms with Crippen LogP contribution in [0.4, 0.5) is 0 Å². The summed E-state index contributed by atoms with van der Waals surface area (Å²) >= 11 is 0. The van der Waals surface area contributed by atoms with Crippen LogP contribution >= 0.6 is 0 Å². The zero-order valence-electron chi connectivity index (χ0n) is 14.1. The van der Waals surface area contributed by atoms with E-state index in [0.29, 0.717) is 24.0 Å². The molecule has 0 spiro atoms. The number of morpholine rings is 1. The van der Waals surface area contributed by atoms with Gasteiger partial charge in [-0.1, -0.05) is 20.8 Å². The Bertz CT molecular complexity index is 309. The van der Waals surface area contributed by atoms with E-state index in [-0.39, 0.29) is 12.6 Å². The van der Waals surface area contributed by atoms with Gasteiger partial charge in [-0.25, -0.2) is 0 Å². The molecular formula is C17H34N2O2. The van der Waals surface area contributed by atoms with Crippen molar-refractivity contribution < 1.29 is 9.84 Å². The highest BCUT2D eigenvalue weighted by Gasteiger charge is 2.36. The first-order valence-electron chi connectivity index (χ1n) is 8.72. The first-order valence-corrected chi connectivity index (χ1v) is 8.72. The van der Waals surface area contributed by atoms with Crippen LogP contribution in [0.1, 0.15) is 46.5 Å². The van der Waals surface area contributed by atoms with Crippen molar-refractivity contribution in [1.82, 2.24) is 10.2 Å². The van der Waals surface area contributed by atoms with Gasteiger partial charge in [-0.15, -0.1) is 0 Å². The van der Waals surface area contributed by atoms with Crippen molar-refractivity contribution in [3.05, 3.63) is 0 Å². The maximum absolute atomic E-state index is 9.56. The van der Waals surface area contributed by atoms with E-state index < -0.39 is 0 Å². The van der Waals surface area contributed by atoms with Crippen LogP contribution < -0.4 is 5.32 Å². The summed E-state index contributed by atoms with van der Waals surface area (Å²) < 4.78 is 5.51. The second kappa shape index (κ2) is 7.91. The number of hydrogen-bond donors (Lipinski definition) is 2. The summed E-state index contributed by atoms with van der Waals surface area (Å²) in [6.07, 6.45) is 5.08. The van der Waals surface area contributed by atoms with Gasteiger partial charge in [0.05, 0.1) is 25.9 Å². The number of nitrogens with zero attached hydrogens (tertiary/aromatic N) is 1. The molecule has 1 aliphatic heterocycles. The summed E-state index contributed by atoms with van der Waals surface area (Å²) in [5, 5.41) is 13.3. The van der Waals surface area contributed by atoms with Crippen molar-refractivity contribution in [2.75, 3.05) is 39.5 Å². The molecule has 0 aromatic rings. The molecule has 1 heterocycles. The highest BCUT2D eigenvalue weighted by molar-refractivity contribution is 4.91. The van der Waals surface area contributed by atoms with Gasteiger partial charge in [-0.05, 0) is 43.6 Å². The van der Waals surface area contributed by atoms with Gasteiger partial charge in [0.2, 0.25) is 0 Å². The van der Waals surface area contributed by atoms with Crippen molar-refractivity contribution in [1.29, 1.82) is 0 Å². The molecular weight excluding hydrogens is 264 g/mol. The lowest BCUT2D eigenvalue weighted by molar-refractivity contribution is -0.0417. The van der Waals surface area contributed by atoms with E-state index in [1.807, 2.05) is 0 Å². The number of ether oxygens (including phenoxy) is 1. The van der Waals surface area contributed by atoms with E-state index in [1.165, 1.54) is 25.7 Å². The molecule has 0 bridgehead atoms. The Kier molecular flexibility index (Phi) is 6.48. The molecule has 3 atom stereocenters. The third-order valence-corrected chi connectivity index (χ3v) is 5.20. The number of rotatable bonds is 6. The Hall–Kier alpha value is -0.160. The van der Waals surface area contributed by atoms with E-state index in [1.54, 1.807) is 0 Å². The third kappa shape index (κ3) is 4.92. The minimum absolute atomic E-state index is 0.190. The number of nitrogens with one attached hydrogen (secondary N) is 1. The third-order valence-electron chi connectivity index (χ3n) is 5.20. The molecule has 21 heavy (non-hydrogen) atoms. The van der Waals surface area contributed by atoms with Gasteiger partial charge in [-0.3, -0.25) is 4.90 Å². The van der Waals surface area contributed by atoms with Crippen LogP contribution in [0.3, 0.4) is 0 Å². The van der Waals surface area contributed by atoms with Crippen LogP contribution in [0.15, 0.2) is 0 Å². The summed E-state index contributed by atoms with van der Waals surface area (Å²) in [6, 6.07) is 0.829. The lowest BCUT2D eigenvalue weighted by Crippen LogP contribution is -2.53. The van der Waals surface area contributed by atoms with Crippen LogP contribution in [-0.4, -0.2) is 61.5 Å². The first kappa shape index (κ1) is 17.2. The fourth-order valence-electron chi connectivity index (χ4n) is 3.93. The topological polar surface area (TPSA) is 44.7 Å². The molecule has 124 valence electrons. The van der Waals surface area contributed by atoms with Crippen molar-refractivity contribution in [3.8, 4) is 0 Å². The zero-order valence-corrected chi connectivity index (χ0v) is 14.1. The van der Waals surface area contributed by atoms with E-state index in [2.05, 4.69) is 31.0 Å². The van der Waals surface area contributed by atoms with Crippen LogP contribution in [0, 0.1) is 11.3 Å². The average molecular weight is 298 g/mol. The second-order valence-corrected chi connectivity index (χ2v) is 7.63. The number of aliphatic hydroxyl groups excluding tert-OH is 1. The molecule has 2 aliphatic rings. The molecule has 3 unspecified atom stereocenters. The molecule has 0 radical (unpaired) electrons. The molecule has 2 N–H and O–H groups in total. The Morgan fingerprint density at radius 3 is 2.90 bits per heavy atom. The fraction of sp³-hybridized carbons (Fsp3) is 1.00. The van der Waals surface area contributed by atoms with Crippen molar-refractivity contribution in [2.24, 2.45) is 11.3 Å². The second-order valence-electron chi connectivity index (χ2n) is 7.63. The molecule has 2 fully saturated rings. The molecule has 1 aliphatic carbocycles.